The normalized spacial score (nSPS) is 14.0. The maximum absolute atomic E-state index is 12.4. The van der Waals surface area contributed by atoms with Crippen LogP contribution in [0.2, 0.25) is 5.02 Å². The maximum Gasteiger partial charge on any atom is 0.233 e. The molecular weight excluding hydrogens is 368 g/mol. The Morgan fingerprint density at radius 2 is 1.96 bits per heavy atom. The molecule has 1 aliphatic rings. The maximum atomic E-state index is 12.4. The van der Waals surface area contributed by atoms with Gasteiger partial charge >= 0.3 is 0 Å². The number of nitrogens with zero attached hydrogens (tertiary/aromatic N) is 3. The van der Waals surface area contributed by atoms with Gasteiger partial charge in [0.05, 0.1) is 12.1 Å². The highest BCUT2D eigenvalue weighted by Crippen LogP contribution is 2.27. The number of hydrogen-bond acceptors (Lipinski definition) is 5. The predicted molar refractivity (Wildman–Crippen MR) is 104 cm³/mol. The van der Waals surface area contributed by atoms with Gasteiger partial charge in [-0.05, 0) is 30.3 Å². The van der Waals surface area contributed by atoms with Gasteiger partial charge in [-0.15, -0.1) is 0 Å². The molecule has 142 valence electrons. The Kier molecular flexibility index (Phi) is 6.13. The third-order valence-electron chi connectivity index (χ3n) is 4.35. The van der Waals surface area contributed by atoms with E-state index in [0.29, 0.717) is 42.6 Å². The topological polar surface area (TPSA) is 74.8 Å². The number of aromatic nitrogens is 1. The van der Waals surface area contributed by atoms with Crippen LogP contribution in [0, 0.1) is 0 Å². The van der Waals surface area contributed by atoms with Crippen LogP contribution in [-0.4, -0.2) is 55.0 Å². The number of amides is 2. The third kappa shape index (κ3) is 4.89. The smallest absolute Gasteiger partial charge is 0.233 e. The second-order valence-electron chi connectivity index (χ2n) is 6.13. The number of piperazine rings is 1. The number of pyridine rings is 1. The van der Waals surface area contributed by atoms with Crippen molar-refractivity contribution in [3.05, 3.63) is 47.6 Å². The minimum absolute atomic E-state index is 0.187. The second kappa shape index (κ2) is 8.73. The number of ether oxygens (including phenoxy) is 1. The lowest BCUT2D eigenvalue weighted by atomic mass is 10.2. The summed E-state index contributed by atoms with van der Waals surface area (Å²) in [6.45, 7) is 2.52. The molecule has 0 atom stereocenters. The Bertz CT molecular complexity index is 808. The zero-order valence-electron chi connectivity index (χ0n) is 15.0. The first kappa shape index (κ1) is 19.0. The predicted octanol–water partition coefficient (Wildman–Crippen LogP) is 2.42. The minimum Gasteiger partial charge on any atom is -0.495 e. The third-order valence-corrected chi connectivity index (χ3v) is 4.65. The zero-order chi connectivity index (χ0) is 19.2. The molecule has 0 bridgehead atoms. The lowest BCUT2D eigenvalue weighted by Gasteiger charge is -2.35. The summed E-state index contributed by atoms with van der Waals surface area (Å²) in [6, 6.07) is 10.7. The van der Waals surface area contributed by atoms with E-state index in [-0.39, 0.29) is 18.2 Å². The number of anilines is 2. The fourth-order valence-electron chi connectivity index (χ4n) is 2.92. The van der Waals surface area contributed by atoms with E-state index in [9.17, 15) is 9.59 Å². The van der Waals surface area contributed by atoms with E-state index >= 15 is 0 Å². The highest BCUT2D eigenvalue weighted by Gasteiger charge is 2.23. The molecule has 0 aliphatic carbocycles. The van der Waals surface area contributed by atoms with Crippen molar-refractivity contribution in [2.45, 2.75) is 6.42 Å². The van der Waals surface area contributed by atoms with Crippen LogP contribution in [0.3, 0.4) is 0 Å². The van der Waals surface area contributed by atoms with Gasteiger partial charge in [-0.2, -0.15) is 0 Å². The van der Waals surface area contributed by atoms with Crippen LogP contribution >= 0.6 is 11.6 Å². The van der Waals surface area contributed by atoms with E-state index in [1.165, 1.54) is 7.11 Å². The SMILES string of the molecule is COc1ccc(NC(=O)CC(=O)N2CCN(c3ccccn3)CC2)cc1Cl. The zero-order valence-corrected chi connectivity index (χ0v) is 15.8. The molecule has 0 saturated carbocycles. The fourth-order valence-corrected chi connectivity index (χ4v) is 3.18. The number of methoxy groups -OCH3 is 1. The second-order valence-corrected chi connectivity index (χ2v) is 6.54. The molecule has 3 rings (SSSR count). The lowest BCUT2D eigenvalue weighted by Crippen LogP contribution is -2.49. The average Bonchev–Trinajstić information content (AvgIpc) is 2.69. The molecule has 1 N–H and O–H groups in total. The molecule has 27 heavy (non-hydrogen) atoms. The molecule has 2 aromatic rings. The number of halogens is 1. The number of nitrogens with one attached hydrogen (secondary N) is 1. The van der Waals surface area contributed by atoms with Crippen LogP contribution < -0.4 is 15.0 Å². The van der Waals surface area contributed by atoms with Gasteiger partial charge in [0.15, 0.2) is 0 Å². The summed E-state index contributed by atoms with van der Waals surface area (Å²) in [7, 11) is 1.52. The molecule has 0 radical (unpaired) electrons. The van der Waals surface area contributed by atoms with Crippen molar-refractivity contribution in [1.82, 2.24) is 9.88 Å². The number of carbonyl (C=O) groups is 2. The Morgan fingerprint density at radius 3 is 2.59 bits per heavy atom. The average molecular weight is 389 g/mol. The molecule has 2 amide bonds. The highest BCUT2D eigenvalue weighted by molar-refractivity contribution is 6.32. The van der Waals surface area contributed by atoms with Gasteiger partial charge in [-0.25, -0.2) is 4.98 Å². The Labute approximate surface area is 162 Å². The summed E-state index contributed by atoms with van der Waals surface area (Å²) in [5, 5.41) is 3.09. The first-order valence-corrected chi connectivity index (χ1v) is 9.02. The van der Waals surface area contributed by atoms with Crippen LogP contribution in [0.15, 0.2) is 42.6 Å². The van der Waals surface area contributed by atoms with Crippen LogP contribution in [0.1, 0.15) is 6.42 Å². The number of carbonyl (C=O) groups excluding carboxylic acids is 2. The van der Waals surface area contributed by atoms with Gasteiger partial charge in [0.2, 0.25) is 11.8 Å². The molecule has 1 fully saturated rings. The molecular formula is C19H21ClN4O3. The number of benzene rings is 1. The van der Waals surface area contributed by atoms with Gasteiger partial charge in [-0.1, -0.05) is 17.7 Å². The van der Waals surface area contributed by atoms with Crippen molar-refractivity contribution >= 4 is 34.9 Å². The minimum atomic E-state index is -0.367. The van der Waals surface area contributed by atoms with E-state index in [4.69, 9.17) is 16.3 Å². The Hall–Kier alpha value is -2.80. The summed E-state index contributed by atoms with van der Waals surface area (Å²) in [5.74, 6) is 0.872. The lowest BCUT2D eigenvalue weighted by molar-refractivity contribution is -0.134. The first-order valence-electron chi connectivity index (χ1n) is 8.64. The quantitative estimate of drug-likeness (QED) is 0.796. The van der Waals surface area contributed by atoms with E-state index in [2.05, 4.69) is 15.2 Å². The van der Waals surface area contributed by atoms with Crippen LogP contribution in [-0.2, 0) is 9.59 Å². The van der Waals surface area contributed by atoms with Crippen molar-refractivity contribution in [2.75, 3.05) is 43.5 Å². The standard InChI is InChI=1S/C19H21ClN4O3/c1-27-16-6-5-14(12-15(16)20)22-18(25)13-19(26)24-10-8-23(9-11-24)17-4-2-3-7-21-17/h2-7,12H,8-11,13H2,1H3,(H,22,25). The van der Waals surface area contributed by atoms with E-state index in [0.717, 1.165) is 5.82 Å². The fraction of sp³-hybridized carbons (Fsp3) is 0.316. The van der Waals surface area contributed by atoms with Gasteiger partial charge < -0.3 is 19.9 Å². The Balaban J connectivity index is 1.49. The van der Waals surface area contributed by atoms with Gasteiger partial charge in [0.25, 0.3) is 0 Å². The summed E-state index contributed by atoms with van der Waals surface area (Å²) >= 11 is 6.04. The molecule has 1 aliphatic heterocycles. The largest absolute Gasteiger partial charge is 0.495 e. The Morgan fingerprint density at radius 1 is 1.19 bits per heavy atom. The van der Waals surface area contributed by atoms with Crippen molar-refractivity contribution in [3.63, 3.8) is 0 Å². The van der Waals surface area contributed by atoms with Crippen molar-refractivity contribution in [1.29, 1.82) is 0 Å². The first-order chi connectivity index (χ1) is 13.1. The molecule has 1 aromatic carbocycles. The monoisotopic (exact) mass is 388 g/mol. The molecule has 1 saturated heterocycles. The summed E-state index contributed by atoms with van der Waals surface area (Å²) in [4.78, 5) is 32.7. The van der Waals surface area contributed by atoms with Gasteiger partial charge in [-0.3, -0.25) is 9.59 Å². The summed E-state index contributed by atoms with van der Waals surface area (Å²) in [5.41, 5.74) is 0.526. The summed E-state index contributed by atoms with van der Waals surface area (Å²) in [6.07, 6.45) is 1.55. The van der Waals surface area contributed by atoms with Crippen molar-refractivity contribution in [3.8, 4) is 5.75 Å². The van der Waals surface area contributed by atoms with Crippen LogP contribution in [0.25, 0.3) is 0 Å². The molecule has 8 heteroatoms. The van der Waals surface area contributed by atoms with E-state index in [1.54, 1.807) is 29.3 Å². The van der Waals surface area contributed by atoms with Crippen molar-refractivity contribution in [2.24, 2.45) is 0 Å². The molecule has 1 aromatic heterocycles. The van der Waals surface area contributed by atoms with E-state index in [1.807, 2.05) is 18.2 Å². The molecule has 0 spiro atoms. The van der Waals surface area contributed by atoms with Crippen LogP contribution in [0.5, 0.6) is 5.75 Å². The van der Waals surface area contributed by atoms with Gasteiger partial charge in [0, 0.05) is 38.1 Å². The molecule has 2 heterocycles. The molecule has 7 nitrogen and oxygen atoms in total. The number of hydrogen-bond donors (Lipinski definition) is 1. The van der Waals surface area contributed by atoms with Crippen molar-refractivity contribution < 1.29 is 14.3 Å². The molecule has 0 unspecified atom stereocenters. The summed E-state index contributed by atoms with van der Waals surface area (Å²) < 4.78 is 5.08. The van der Waals surface area contributed by atoms with E-state index < -0.39 is 0 Å². The number of rotatable bonds is 5. The van der Waals surface area contributed by atoms with Crippen LogP contribution in [0.4, 0.5) is 11.5 Å². The highest BCUT2D eigenvalue weighted by atomic mass is 35.5. The van der Waals surface area contributed by atoms with Gasteiger partial charge in [0.1, 0.15) is 18.0 Å².